The molecule has 1 aliphatic rings. The van der Waals surface area contributed by atoms with Crippen LogP contribution in [-0.2, 0) is 22.1 Å². The lowest BCUT2D eigenvalue weighted by molar-refractivity contribution is -0.125. The second kappa shape index (κ2) is 5.98. The smallest absolute Gasteiger partial charge is 0.280 e. The van der Waals surface area contributed by atoms with Crippen molar-refractivity contribution < 1.29 is 13.2 Å². The van der Waals surface area contributed by atoms with Crippen LogP contribution in [0.3, 0.4) is 0 Å². The van der Waals surface area contributed by atoms with E-state index in [0.717, 1.165) is 15.6 Å². The standard InChI is InChI=1S/C13H23N5O3S/c1-8(2)14-13(19)12-6-11(16-22(20,21)18(12)5)10-7-17(4)15-9(10)3/h7-8,11-12,16H,6H2,1-5H3,(H,14,19)/t11-,12+/m0/s1. The minimum absolute atomic E-state index is 0.0444. The number of aromatic nitrogens is 2. The van der Waals surface area contributed by atoms with Crippen LogP contribution in [0.2, 0.25) is 0 Å². The van der Waals surface area contributed by atoms with Crippen molar-refractivity contribution in [3.63, 3.8) is 0 Å². The van der Waals surface area contributed by atoms with Crippen LogP contribution in [0.4, 0.5) is 0 Å². The summed E-state index contributed by atoms with van der Waals surface area (Å²) < 4.78 is 29.9. The van der Waals surface area contributed by atoms with Gasteiger partial charge in [-0.05, 0) is 27.2 Å². The topological polar surface area (TPSA) is 96.3 Å². The molecular formula is C13H23N5O3S. The van der Waals surface area contributed by atoms with Crippen molar-refractivity contribution in [1.29, 1.82) is 0 Å². The van der Waals surface area contributed by atoms with Crippen LogP contribution in [0.15, 0.2) is 6.20 Å². The first-order valence-corrected chi connectivity index (χ1v) is 8.61. The van der Waals surface area contributed by atoms with Gasteiger partial charge in [-0.25, -0.2) is 0 Å². The van der Waals surface area contributed by atoms with Crippen molar-refractivity contribution in [3.05, 3.63) is 17.5 Å². The highest BCUT2D eigenvalue weighted by Gasteiger charge is 2.41. The Bertz CT molecular complexity index is 667. The minimum atomic E-state index is -3.71. The van der Waals surface area contributed by atoms with E-state index >= 15 is 0 Å². The summed E-state index contributed by atoms with van der Waals surface area (Å²) in [6.07, 6.45) is 2.14. The lowest BCUT2D eigenvalue weighted by atomic mass is 10.00. The van der Waals surface area contributed by atoms with Gasteiger partial charge in [0.25, 0.3) is 10.2 Å². The number of hydrogen-bond donors (Lipinski definition) is 2. The Morgan fingerprint density at radius 3 is 2.59 bits per heavy atom. The van der Waals surface area contributed by atoms with E-state index in [4.69, 9.17) is 0 Å². The predicted octanol–water partition coefficient (Wildman–Crippen LogP) is -0.167. The molecule has 1 aromatic rings. The van der Waals surface area contributed by atoms with Crippen molar-refractivity contribution in [1.82, 2.24) is 24.1 Å². The molecule has 0 saturated carbocycles. The lowest BCUT2D eigenvalue weighted by Gasteiger charge is -2.36. The third kappa shape index (κ3) is 3.31. The van der Waals surface area contributed by atoms with Crippen LogP contribution >= 0.6 is 0 Å². The fraction of sp³-hybridized carbons (Fsp3) is 0.692. The summed E-state index contributed by atoms with van der Waals surface area (Å²) in [5.41, 5.74) is 1.55. The van der Waals surface area contributed by atoms with Crippen LogP contribution in [0.5, 0.6) is 0 Å². The van der Waals surface area contributed by atoms with E-state index in [0.29, 0.717) is 6.42 Å². The van der Waals surface area contributed by atoms with E-state index in [2.05, 4.69) is 15.1 Å². The molecule has 0 bridgehead atoms. The Balaban J connectivity index is 2.32. The Labute approximate surface area is 131 Å². The number of nitrogens with one attached hydrogen (secondary N) is 2. The minimum Gasteiger partial charge on any atom is -0.353 e. The van der Waals surface area contributed by atoms with E-state index in [9.17, 15) is 13.2 Å². The molecule has 1 fully saturated rings. The summed E-state index contributed by atoms with van der Waals surface area (Å²) in [5, 5.41) is 7.02. The van der Waals surface area contributed by atoms with Gasteiger partial charge in [-0.3, -0.25) is 9.48 Å². The lowest BCUT2D eigenvalue weighted by Crippen LogP contribution is -2.57. The quantitative estimate of drug-likeness (QED) is 0.805. The molecule has 22 heavy (non-hydrogen) atoms. The van der Waals surface area contributed by atoms with Gasteiger partial charge in [-0.2, -0.15) is 22.5 Å². The van der Waals surface area contributed by atoms with Gasteiger partial charge < -0.3 is 5.32 Å². The predicted molar refractivity (Wildman–Crippen MR) is 82.2 cm³/mol. The molecule has 0 aliphatic carbocycles. The second-order valence-electron chi connectivity index (χ2n) is 5.95. The van der Waals surface area contributed by atoms with E-state index in [1.807, 2.05) is 20.8 Å². The molecule has 1 amide bonds. The molecule has 2 N–H and O–H groups in total. The van der Waals surface area contributed by atoms with Gasteiger partial charge >= 0.3 is 0 Å². The summed E-state index contributed by atoms with van der Waals surface area (Å²) in [4.78, 5) is 12.3. The first kappa shape index (κ1) is 16.9. The van der Waals surface area contributed by atoms with Crippen molar-refractivity contribution in [2.24, 2.45) is 7.05 Å². The van der Waals surface area contributed by atoms with Gasteiger partial charge in [0.2, 0.25) is 5.91 Å². The fourth-order valence-electron chi connectivity index (χ4n) is 2.65. The number of amides is 1. The van der Waals surface area contributed by atoms with Gasteiger partial charge in [0.15, 0.2) is 0 Å². The van der Waals surface area contributed by atoms with Gasteiger partial charge in [0.1, 0.15) is 6.04 Å². The Hall–Kier alpha value is -1.45. The Morgan fingerprint density at radius 1 is 1.45 bits per heavy atom. The van der Waals surface area contributed by atoms with Gasteiger partial charge in [0.05, 0.1) is 11.7 Å². The first-order chi connectivity index (χ1) is 10.1. The number of rotatable bonds is 3. The summed E-state index contributed by atoms with van der Waals surface area (Å²) in [6.45, 7) is 5.51. The summed E-state index contributed by atoms with van der Waals surface area (Å²) in [6, 6.07) is -1.24. The number of aryl methyl sites for hydroxylation is 2. The highest BCUT2D eigenvalue weighted by molar-refractivity contribution is 7.87. The Kier molecular flexibility index (Phi) is 4.59. The van der Waals surface area contributed by atoms with Crippen molar-refractivity contribution in [3.8, 4) is 0 Å². The molecule has 1 aromatic heterocycles. The zero-order chi connectivity index (χ0) is 16.7. The fourth-order valence-corrected chi connectivity index (χ4v) is 3.92. The number of hydrogen-bond acceptors (Lipinski definition) is 4. The van der Waals surface area contributed by atoms with Crippen LogP contribution in [-0.4, -0.2) is 47.5 Å². The second-order valence-corrected chi connectivity index (χ2v) is 7.71. The van der Waals surface area contributed by atoms with Gasteiger partial charge in [0, 0.05) is 31.9 Å². The third-order valence-corrected chi connectivity index (χ3v) is 5.32. The summed E-state index contributed by atoms with van der Waals surface area (Å²) in [5.74, 6) is -0.283. The van der Waals surface area contributed by atoms with E-state index in [1.165, 1.54) is 7.05 Å². The van der Waals surface area contributed by atoms with Crippen LogP contribution in [0.25, 0.3) is 0 Å². The molecule has 0 spiro atoms. The van der Waals surface area contributed by atoms with Crippen molar-refractivity contribution in [2.45, 2.75) is 45.3 Å². The van der Waals surface area contributed by atoms with Gasteiger partial charge in [-0.15, -0.1) is 0 Å². The van der Waals surface area contributed by atoms with Crippen LogP contribution in [0.1, 0.15) is 37.6 Å². The van der Waals surface area contributed by atoms with Gasteiger partial charge in [-0.1, -0.05) is 0 Å². The summed E-state index contributed by atoms with van der Waals surface area (Å²) in [7, 11) is -0.514. The highest BCUT2D eigenvalue weighted by atomic mass is 32.2. The molecule has 1 aliphatic heterocycles. The molecular weight excluding hydrogens is 306 g/mol. The maximum atomic E-state index is 12.3. The average Bonchev–Trinajstić information content (AvgIpc) is 2.70. The number of nitrogens with zero attached hydrogens (tertiary/aromatic N) is 3. The maximum Gasteiger partial charge on any atom is 0.280 e. The third-order valence-electron chi connectivity index (χ3n) is 3.73. The monoisotopic (exact) mass is 329 g/mol. The molecule has 9 heteroatoms. The van der Waals surface area contributed by atoms with Crippen molar-refractivity contribution >= 4 is 16.1 Å². The molecule has 0 aromatic carbocycles. The molecule has 2 heterocycles. The summed E-state index contributed by atoms with van der Waals surface area (Å²) >= 11 is 0. The molecule has 124 valence electrons. The zero-order valence-electron chi connectivity index (χ0n) is 13.5. The number of carbonyl (C=O) groups is 1. The van der Waals surface area contributed by atoms with E-state index in [1.54, 1.807) is 17.9 Å². The first-order valence-electron chi connectivity index (χ1n) is 7.17. The zero-order valence-corrected chi connectivity index (χ0v) is 14.3. The maximum absolute atomic E-state index is 12.3. The normalized spacial score (nSPS) is 25.4. The van der Waals surface area contributed by atoms with Crippen LogP contribution in [0, 0.1) is 6.92 Å². The molecule has 0 unspecified atom stereocenters. The molecule has 0 radical (unpaired) electrons. The van der Waals surface area contributed by atoms with Crippen LogP contribution < -0.4 is 10.0 Å². The van der Waals surface area contributed by atoms with E-state index < -0.39 is 22.3 Å². The molecule has 2 rings (SSSR count). The molecule has 2 atom stereocenters. The SMILES string of the molecule is Cc1nn(C)cc1[C@@H]1C[C@H](C(=O)NC(C)C)N(C)S(=O)(=O)N1. The number of likely N-dealkylation sites (N-methyl/N-ethyl adjacent to an activating group) is 1. The average molecular weight is 329 g/mol. The highest BCUT2D eigenvalue weighted by Crippen LogP contribution is 2.29. The Morgan fingerprint density at radius 2 is 2.09 bits per heavy atom. The van der Waals surface area contributed by atoms with E-state index in [-0.39, 0.29) is 11.9 Å². The molecule has 1 saturated heterocycles. The molecule has 8 nitrogen and oxygen atoms in total. The van der Waals surface area contributed by atoms with Crippen molar-refractivity contribution in [2.75, 3.05) is 7.05 Å². The number of carbonyl (C=O) groups excluding carboxylic acids is 1. The largest absolute Gasteiger partial charge is 0.353 e.